The molecule has 5 nitrogen and oxygen atoms in total. The lowest BCUT2D eigenvalue weighted by atomic mass is 10.2. The average molecular weight is 292 g/mol. The molecule has 1 aliphatic rings. The molecule has 0 spiro atoms. The molecule has 0 amide bonds. The van der Waals surface area contributed by atoms with E-state index in [2.05, 4.69) is 27.5 Å². The van der Waals surface area contributed by atoms with E-state index in [4.69, 9.17) is 4.74 Å². The predicted octanol–water partition coefficient (Wildman–Crippen LogP) is 3.44. The summed E-state index contributed by atoms with van der Waals surface area (Å²) in [4.78, 5) is 9.01. The maximum Gasteiger partial charge on any atom is 0.158 e. The first-order valence-electron chi connectivity index (χ1n) is 8.25. The fourth-order valence-electron chi connectivity index (χ4n) is 2.20. The zero-order valence-electron chi connectivity index (χ0n) is 13.3. The minimum Gasteiger partial charge on any atom is -0.374 e. The van der Waals surface area contributed by atoms with Crippen molar-refractivity contribution in [2.24, 2.45) is 5.92 Å². The molecule has 0 unspecified atom stereocenters. The predicted molar refractivity (Wildman–Crippen MR) is 86.6 cm³/mol. The van der Waals surface area contributed by atoms with Crippen LogP contribution in [0.2, 0.25) is 0 Å². The second-order valence-corrected chi connectivity index (χ2v) is 5.63. The van der Waals surface area contributed by atoms with E-state index < -0.39 is 0 Å². The fraction of sp³-hybridized carbons (Fsp3) is 0.750. The number of hydrogen-bond acceptors (Lipinski definition) is 5. The van der Waals surface area contributed by atoms with Crippen molar-refractivity contribution in [3.63, 3.8) is 0 Å². The molecule has 1 aromatic heterocycles. The molecule has 21 heavy (non-hydrogen) atoms. The first kappa shape index (κ1) is 16.0. The van der Waals surface area contributed by atoms with E-state index in [1.54, 1.807) is 0 Å². The van der Waals surface area contributed by atoms with Crippen LogP contribution in [0.4, 0.5) is 11.6 Å². The molecular formula is C16H28N4O. The van der Waals surface area contributed by atoms with E-state index in [1.165, 1.54) is 25.7 Å². The molecule has 0 radical (unpaired) electrons. The van der Waals surface area contributed by atoms with Gasteiger partial charge in [0.15, 0.2) is 5.82 Å². The van der Waals surface area contributed by atoms with E-state index in [0.29, 0.717) is 13.2 Å². The quantitative estimate of drug-likeness (QED) is 0.612. The smallest absolute Gasteiger partial charge is 0.158 e. The summed E-state index contributed by atoms with van der Waals surface area (Å²) in [5, 5.41) is 6.74. The Morgan fingerprint density at radius 3 is 2.48 bits per heavy atom. The summed E-state index contributed by atoms with van der Waals surface area (Å²) in [6.45, 7) is 7.18. The van der Waals surface area contributed by atoms with Crippen LogP contribution in [0.15, 0.2) is 6.07 Å². The second kappa shape index (κ2) is 8.82. The molecule has 0 atom stereocenters. The van der Waals surface area contributed by atoms with Gasteiger partial charge in [0, 0.05) is 25.8 Å². The maximum atomic E-state index is 5.42. The summed E-state index contributed by atoms with van der Waals surface area (Å²) in [7, 11) is 0. The normalized spacial score (nSPS) is 14.2. The highest BCUT2D eigenvalue weighted by atomic mass is 16.5. The summed E-state index contributed by atoms with van der Waals surface area (Å²) in [5.74, 6) is 3.51. The molecule has 5 heteroatoms. The maximum absolute atomic E-state index is 5.42. The third kappa shape index (κ3) is 6.29. The summed E-state index contributed by atoms with van der Waals surface area (Å²) in [6.07, 6.45) is 6.49. The Labute approximate surface area is 127 Å². The Morgan fingerprint density at radius 1 is 1.14 bits per heavy atom. The molecule has 0 aliphatic heterocycles. The first-order valence-corrected chi connectivity index (χ1v) is 8.25. The van der Waals surface area contributed by atoms with Crippen molar-refractivity contribution in [2.75, 3.05) is 30.3 Å². The number of nitrogens with zero attached hydrogens (tertiary/aromatic N) is 2. The van der Waals surface area contributed by atoms with Gasteiger partial charge in [-0.15, -0.1) is 0 Å². The Kier molecular flexibility index (Phi) is 6.73. The summed E-state index contributed by atoms with van der Waals surface area (Å²) in [5.41, 5.74) is 0. The van der Waals surface area contributed by atoms with Crippen LogP contribution < -0.4 is 10.6 Å². The van der Waals surface area contributed by atoms with Crippen LogP contribution in [0.25, 0.3) is 0 Å². The van der Waals surface area contributed by atoms with Crippen LogP contribution in [0.5, 0.6) is 0 Å². The summed E-state index contributed by atoms with van der Waals surface area (Å²) < 4.78 is 5.42. The highest BCUT2D eigenvalue weighted by Crippen LogP contribution is 2.33. The number of aromatic nitrogens is 2. The Hall–Kier alpha value is -1.36. The molecule has 0 aromatic carbocycles. The van der Waals surface area contributed by atoms with Crippen molar-refractivity contribution in [3.05, 3.63) is 11.9 Å². The lowest BCUT2D eigenvalue weighted by Crippen LogP contribution is -2.10. The molecule has 0 bridgehead atoms. The average Bonchev–Trinajstić information content (AvgIpc) is 3.31. The van der Waals surface area contributed by atoms with Crippen molar-refractivity contribution in [1.29, 1.82) is 0 Å². The van der Waals surface area contributed by atoms with Gasteiger partial charge in [0.25, 0.3) is 0 Å². The summed E-state index contributed by atoms with van der Waals surface area (Å²) in [6, 6.07) is 1.99. The first-order chi connectivity index (χ1) is 10.3. The third-order valence-corrected chi connectivity index (χ3v) is 3.56. The van der Waals surface area contributed by atoms with Crippen molar-refractivity contribution in [3.8, 4) is 0 Å². The molecule has 1 heterocycles. The Balaban J connectivity index is 1.88. The van der Waals surface area contributed by atoms with Crippen LogP contribution in [-0.4, -0.2) is 29.7 Å². The van der Waals surface area contributed by atoms with Crippen LogP contribution in [0.1, 0.15) is 51.8 Å². The molecule has 1 aromatic rings. The van der Waals surface area contributed by atoms with Crippen LogP contribution in [-0.2, 0) is 11.3 Å². The lowest BCUT2D eigenvalue weighted by molar-refractivity contribution is 0.128. The van der Waals surface area contributed by atoms with E-state index in [1.807, 2.05) is 13.0 Å². The van der Waals surface area contributed by atoms with Crippen LogP contribution >= 0.6 is 0 Å². The van der Waals surface area contributed by atoms with E-state index in [0.717, 1.165) is 42.9 Å². The van der Waals surface area contributed by atoms with Gasteiger partial charge in [-0.3, -0.25) is 0 Å². The van der Waals surface area contributed by atoms with Gasteiger partial charge in [0.05, 0.1) is 0 Å². The van der Waals surface area contributed by atoms with Gasteiger partial charge in [-0.25, -0.2) is 9.97 Å². The van der Waals surface area contributed by atoms with Crippen LogP contribution in [0, 0.1) is 5.92 Å². The van der Waals surface area contributed by atoms with Crippen LogP contribution in [0.3, 0.4) is 0 Å². The van der Waals surface area contributed by atoms with Gasteiger partial charge in [0.1, 0.15) is 18.2 Å². The van der Waals surface area contributed by atoms with Gasteiger partial charge in [0.2, 0.25) is 0 Å². The van der Waals surface area contributed by atoms with Gasteiger partial charge < -0.3 is 15.4 Å². The number of hydrogen-bond donors (Lipinski definition) is 2. The Morgan fingerprint density at radius 2 is 1.86 bits per heavy atom. The van der Waals surface area contributed by atoms with Gasteiger partial charge in [-0.1, -0.05) is 19.8 Å². The van der Waals surface area contributed by atoms with E-state index in [9.17, 15) is 0 Å². The Bertz CT molecular complexity index is 394. The van der Waals surface area contributed by atoms with Gasteiger partial charge in [-0.05, 0) is 32.1 Å². The molecule has 2 N–H and O–H groups in total. The second-order valence-electron chi connectivity index (χ2n) is 5.63. The van der Waals surface area contributed by atoms with E-state index in [-0.39, 0.29) is 0 Å². The van der Waals surface area contributed by atoms with Gasteiger partial charge in [-0.2, -0.15) is 0 Å². The van der Waals surface area contributed by atoms with Crippen molar-refractivity contribution in [1.82, 2.24) is 9.97 Å². The molecule has 2 rings (SSSR count). The highest BCUT2D eigenvalue weighted by molar-refractivity contribution is 5.47. The van der Waals surface area contributed by atoms with Gasteiger partial charge >= 0.3 is 0 Å². The van der Waals surface area contributed by atoms with E-state index >= 15 is 0 Å². The molecule has 118 valence electrons. The molecular weight excluding hydrogens is 264 g/mol. The lowest BCUT2D eigenvalue weighted by Gasteiger charge is -2.11. The number of ether oxygens (including phenoxy) is 1. The zero-order chi connectivity index (χ0) is 14.9. The SMILES string of the molecule is CCCNc1cc(NCCCC2CC2)nc(COCC)n1. The topological polar surface area (TPSA) is 59.1 Å². The van der Waals surface area contributed by atoms with Crippen molar-refractivity contribution >= 4 is 11.6 Å². The monoisotopic (exact) mass is 292 g/mol. The van der Waals surface area contributed by atoms with Crippen molar-refractivity contribution in [2.45, 2.75) is 52.6 Å². The molecule has 1 fully saturated rings. The summed E-state index contributed by atoms with van der Waals surface area (Å²) >= 11 is 0. The molecule has 1 saturated carbocycles. The minimum absolute atomic E-state index is 0.467. The number of anilines is 2. The number of nitrogens with one attached hydrogen (secondary N) is 2. The largest absolute Gasteiger partial charge is 0.374 e. The number of rotatable bonds is 11. The highest BCUT2D eigenvalue weighted by Gasteiger charge is 2.19. The fourth-order valence-corrected chi connectivity index (χ4v) is 2.20. The minimum atomic E-state index is 0.467. The zero-order valence-corrected chi connectivity index (χ0v) is 13.3. The molecule has 1 aliphatic carbocycles. The van der Waals surface area contributed by atoms with Crippen molar-refractivity contribution < 1.29 is 4.74 Å². The standard InChI is InChI=1S/C16H28N4O/c1-3-9-17-14-11-15(18-10-5-6-13-7-8-13)20-16(19-14)12-21-4-2/h11,13H,3-10,12H2,1-2H3,(H2,17,18,19,20). The molecule has 0 saturated heterocycles. The third-order valence-electron chi connectivity index (χ3n) is 3.56.